The van der Waals surface area contributed by atoms with E-state index >= 15 is 0 Å². The maximum Gasteiger partial charge on any atom is 0.134 e. The summed E-state index contributed by atoms with van der Waals surface area (Å²) in [6.07, 6.45) is 1.05. The predicted molar refractivity (Wildman–Crippen MR) is 87.5 cm³/mol. The highest BCUT2D eigenvalue weighted by atomic mass is 79.9. The molecule has 1 fully saturated rings. The van der Waals surface area contributed by atoms with E-state index in [1.165, 1.54) is 5.56 Å². The lowest BCUT2D eigenvalue weighted by Gasteiger charge is -2.27. The van der Waals surface area contributed by atoms with Crippen LogP contribution < -0.4 is 10.1 Å². The topological polar surface area (TPSA) is 24.5 Å². The first kappa shape index (κ1) is 15.5. The zero-order valence-corrected chi connectivity index (χ0v) is 13.7. The lowest BCUT2D eigenvalue weighted by molar-refractivity contribution is 0.243. The molecule has 1 heterocycles. The van der Waals surface area contributed by atoms with E-state index in [9.17, 15) is 0 Å². The summed E-state index contributed by atoms with van der Waals surface area (Å²) < 4.78 is 6.84. The second-order valence-corrected chi connectivity index (χ2v) is 6.11. The Labute approximate surface area is 130 Å². The smallest absolute Gasteiger partial charge is 0.134 e. The molecular formula is C16H23BrN2O. The zero-order chi connectivity index (χ0) is 14.4. The van der Waals surface area contributed by atoms with Crippen LogP contribution in [0.5, 0.6) is 5.75 Å². The summed E-state index contributed by atoms with van der Waals surface area (Å²) in [6.45, 7) is 12.0. The molecule has 1 aromatic rings. The average Bonchev–Trinajstić information content (AvgIpc) is 2.46. The monoisotopic (exact) mass is 338 g/mol. The van der Waals surface area contributed by atoms with Crippen LogP contribution in [0.2, 0.25) is 0 Å². The van der Waals surface area contributed by atoms with E-state index < -0.39 is 0 Å². The number of hydrogen-bond donors (Lipinski definition) is 1. The number of ether oxygens (including phenoxy) is 1. The van der Waals surface area contributed by atoms with Gasteiger partial charge in [0.15, 0.2) is 0 Å². The molecule has 0 amide bonds. The molecule has 1 saturated heterocycles. The minimum atomic E-state index is 0.569. The summed E-state index contributed by atoms with van der Waals surface area (Å²) in [5, 5.41) is 3.38. The molecule has 1 aliphatic heterocycles. The van der Waals surface area contributed by atoms with E-state index in [4.69, 9.17) is 4.74 Å². The van der Waals surface area contributed by atoms with Crippen LogP contribution in [0.3, 0.4) is 0 Å². The Morgan fingerprint density at radius 1 is 1.40 bits per heavy atom. The Bertz CT molecular complexity index is 456. The molecule has 3 nitrogen and oxygen atoms in total. The lowest BCUT2D eigenvalue weighted by atomic mass is 10.1. The molecule has 110 valence electrons. The van der Waals surface area contributed by atoms with Gasteiger partial charge in [-0.15, -0.1) is 0 Å². The minimum Gasteiger partial charge on any atom is -0.488 e. The molecule has 20 heavy (non-hydrogen) atoms. The summed E-state index contributed by atoms with van der Waals surface area (Å²) in [5.74, 6) is 0.908. The van der Waals surface area contributed by atoms with Crippen LogP contribution in [-0.4, -0.2) is 44.2 Å². The molecule has 0 radical (unpaired) electrons. The zero-order valence-electron chi connectivity index (χ0n) is 12.1. The third kappa shape index (κ3) is 4.62. The number of nitrogens with one attached hydrogen (secondary N) is 1. The van der Waals surface area contributed by atoms with Crippen molar-refractivity contribution < 1.29 is 4.74 Å². The van der Waals surface area contributed by atoms with Crippen molar-refractivity contribution in [3.05, 3.63) is 40.4 Å². The molecule has 1 N–H and O–H groups in total. The van der Waals surface area contributed by atoms with Crippen LogP contribution in [0.1, 0.15) is 12.5 Å². The van der Waals surface area contributed by atoms with Crippen LogP contribution in [-0.2, 0) is 6.42 Å². The Balaban J connectivity index is 1.93. The van der Waals surface area contributed by atoms with E-state index in [1.54, 1.807) is 0 Å². The van der Waals surface area contributed by atoms with E-state index in [-0.39, 0.29) is 0 Å². The second-order valence-electron chi connectivity index (χ2n) is 5.32. The fraction of sp³-hybridized carbons (Fsp3) is 0.500. The molecule has 2 rings (SSSR count). The molecule has 0 unspecified atom stereocenters. The maximum atomic E-state index is 5.76. The number of hydrogen-bond acceptors (Lipinski definition) is 3. The van der Waals surface area contributed by atoms with Crippen molar-refractivity contribution in [1.82, 2.24) is 10.2 Å². The minimum absolute atomic E-state index is 0.569. The van der Waals surface area contributed by atoms with Gasteiger partial charge in [0.1, 0.15) is 12.4 Å². The van der Waals surface area contributed by atoms with Gasteiger partial charge in [-0.25, -0.2) is 0 Å². The van der Waals surface area contributed by atoms with Gasteiger partial charge in [0.25, 0.3) is 0 Å². The van der Waals surface area contributed by atoms with Crippen molar-refractivity contribution in [2.45, 2.75) is 13.3 Å². The van der Waals surface area contributed by atoms with Gasteiger partial charge < -0.3 is 15.0 Å². The fourth-order valence-electron chi connectivity index (χ4n) is 2.28. The highest BCUT2D eigenvalue weighted by molar-refractivity contribution is 9.10. The third-order valence-corrected chi connectivity index (χ3v) is 4.32. The summed E-state index contributed by atoms with van der Waals surface area (Å²) in [7, 11) is 0. The van der Waals surface area contributed by atoms with Gasteiger partial charge in [-0.2, -0.15) is 0 Å². The molecule has 1 aliphatic rings. The summed E-state index contributed by atoms with van der Waals surface area (Å²) in [6, 6.07) is 6.23. The highest BCUT2D eigenvalue weighted by Gasteiger charge is 2.11. The van der Waals surface area contributed by atoms with Gasteiger partial charge in [0.05, 0.1) is 4.47 Å². The van der Waals surface area contributed by atoms with Crippen LogP contribution in [0.15, 0.2) is 34.8 Å². The van der Waals surface area contributed by atoms with Crippen LogP contribution in [0, 0.1) is 0 Å². The number of halogens is 1. The second kappa shape index (κ2) is 7.81. The molecule has 0 aromatic heterocycles. The van der Waals surface area contributed by atoms with Crippen molar-refractivity contribution in [1.29, 1.82) is 0 Å². The normalized spacial score (nSPS) is 16.1. The quantitative estimate of drug-likeness (QED) is 0.807. The fourth-order valence-corrected chi connectivity index (χ4v) is 2.85. The van der Waals surface area contributed by atoms with E-state index in [2.05, 4.69) is 44.9 Å². The number of rotatable bonds is 6. The van der Waals surface area contributed by atoms with Crippen molar-refractivity contribution in [2.75, 3.05) is 39.3 Å². The van der Waals surface area contributed by atoms with Crippen LogP contribution in [0.4, 0.5) is 0 Å². The van der Waals surface area contributed by atoms with Gasteiger partial charge in [0, 0.05) is 32.7 Å². The Morgan fingerprint density at radius 2 is 2.15 bits per heavy atom. The van der Waals surface area contributed by atoms with Gasteiger partial charge in [-0.05, 0) is 46.5 Å². The van der Waals surface area contributed by atoms with Crippen molar-refractivity contribution in [3.8, 4) is 5.75 Å². The van der Waals surface area contributed by atoms with Gasteiger partial charge in [-0.3, -0.25) is 0 Å². The van der Waals surface area contributed by atoms with E-state index in [1.807, 2.05) is 13.0 Å². The standard InChI is InChI=1S/C16H23BrN2O/c1-13(2)12-20-15-5-3-4-14(16(15)17)6-9-19-10-7-18-8-11-19/h3-5,18H,1,6-12H2,2H3. The predicted octanol–water partition coefficient (Wildman–Crippen LogP) is 2.85. The van der Waals surface area contributed by atoms with Crippen molar-refractivity contribution in [2.24, 2.45) is 0 Å². The number of nitrogens with zero attached hydrogens (tertiary/aromatic N) is 1. The van der Waals surface area contributed by atoms with E-state index in [0.29, 0.717) is 6.61 Å². The van der Waals surface area contributed by atoms with E-state index in [0.717, 1.165) is 54.9 Å². The Morgan fingerprint density at radius 3 is 2.85 bits per heavy atom. The van der Waals surface area contributed by atoms with Crippen LogP contribution >= 0.6 is 15.9 Å². The first-order valence-corrected chi connectivity index (χ1v) is 7.94. The van der Waals surface area contributed by atoms with Crippen LogP contribution in [0.25, 0.3) is 0 Å². The lowest BCUT2D eigenvalue weighted by Crippen LogP contribution is -2.44. The Kier molecular flexibility index (Phi) is 6.07. The highest BCUT2D eigenvalue weighted by Crippen LogP contribution is 2.29. The Hall–Kier alpha value is -0.840. The number of benzene rings is 1. The largest absolute Gasteiger partial charge is 0.488 e. The first-order valence-electron chi connectivity index (χ1n) is 7.14. The van der Waals surface area contributed by atoms with Crippen molar-refractivity contribution in [3.63, 3.8) is 0 Å². The molecule has 0 spiro atoms. The van der Waals surface area contributed by atoms with Gasteiger partial charge >= 0.3 is 0 Å². The van der Waals surface area contributed by atoms with Gasteiger partial charge in [-0.1, -0.05) is 18.7 Å². The summed E-state index contributed by atoms with van der Waals surface area (Å²) in [4.78, 5) is 2.50. The first-order chi connectivity index (χ1) is 9.66. The SMILES string of the molecule is C=C(C)COc1cccc(CCN2CCNCC2)c1Br. The third-order valence-electron chi connectivity index (χ3n) is 3.42. The molecule has 0 atom stereocenters. The molecule has 0 bridgehead atoms. The molecule has 4 heteroatoms. The molecule has 0 aliphatic carbocycles. The molecular weight excluding hydrogens is 316 g/mol. The van der Waals surface area contributed by atoms with Gasteiger partial charge in [0.2, 0.25) is 0 Å². The maximum absolute atomic E-state index is 5.76. The molecule has 0 saturated carbocycles. The molecule has 1 aromatic carbocycles. The summed E-state index contributed by atoms with van der Waals surface area (Å²) >= 11 is 3.67. The average molecular weight is 339 g/mol. The van der Waals surface area contributed by atoms with Crippen molar-refractivity contribution >= 4 is 15.9 Å². The summed E-state index contributed by atoms with van der Waals surface area (Å²) in [5.41, 5.74) is 2.34. The number of piperazine rings is 1.